The molecule has 0 amide bonds. The fourth-order valence-electron chi connectivity index (χ4n) is 3.13. The van der Waals surface area contributed by atoms with Crippen LogP contribution < -0.4 is 14.8 Å². The van der Waals surface area contributed by atoms with Gasteiger partial charge < -0.3 is 10.1 Å². The maximum atomic E-state index is 14.5. The largest absolute Gasteiger partial charge is 0.496 e. The van der Waals surface area contributed by atoms with Crippen molar-refractivity contribution in [1.82, 2.24) is 14.7 Å². The molecular weight excluding hydrogens is 419 g/mol. The summed E-state index contributed by atoms with van der Waals surface area (Å²) in [4.78, 5) is 8.19. The van der Waals surface area contributed by atoms with Gasteiger partial charge in [-0.25, -0.2) is 22.8 Å². The highest BCUT2D eigenvalue weighted by Crippen LogP contribution is 2.29. The van der Waals surface area contributed by atoms with Crippen LogP contribution in [0.4, 0.5) is 16.0 Å². The van der Waals surface area contributed by atoms with Crippen molar-refractivity contribution in [3.05, 3.63) is 59.5 Å². The second-order valence-electron chi connectivity index (χ2n) is 6.71. The number of anilines is 2. The second-order valence-corrected chi connectivity index (χ2v) is 8.48. The number of methoxy groups -OCH3 is 1. The summed E-state index contributed by atoms with van der Waals surface area (Å²) in [6.45, 7) is 3.67. The Morgan fingerprint density at radius 3 is 2.55 bits per heavy atom. The fourth-order valence-corrected chi connectivity index (χ4v) is 4.11. The molecule has 0 radical (unpaired) electrons. The number of nitrogens with one attached hydrogen (secondary N) is 2. The molecule has 0 atom stereocenters. The lowest BCUT2D eigenvalue weighted by Crippen LogP contribution is -2.23. The number of nitrogens with zero attached hydrogens (tertiary/aromatic N) is 2. The van der Waals surface area contributed by atoms with Crippen molar-refractivity contribution < 1.29 is 17.5 Å². The van der Waals surface area contributed by atoms with E-state index in [1.165, 1.54) is 18.2 Å². The molecule has 31 heavy (non-hydrogen) atoms. The van der Waals surface area contributed by atoms with E-state index in [1.807, 2.05) is 26.0 Å². The smallest absolute Gasteiger partial charge is 0.241 e. The van der Waals surface area contributed by atoms with E-state index >= 15 is 0 Å². The van der Waals surface area contributed by atoms with Gasteiger partial charge in [0.2, 0.25) is 16.0 Å². The van der Waals surface area contributed by atoms with Gasteiger partial charge in [0.1, 0.15) is 11.4 Å². The Hall–Kier alpha value is -3.48. The summed E-state index contributed by atoms with van der Waals surface area (Å²) in [6.07, 6.45) is 6.15. The van der Waals surface area contributed by atoms with Crippen LogP contribution in [0.25, 0.3) is 11.3 Å². The monoisotopic (exact) mass is 440 g/mol. The molecule has 2 N–H and O–H groups in total. The maximum absolute atomic E-state index is 14.5. The molecule has 1 aromatic heterocycles. The summed E-state index contributed by atoms with van der Waals surface area (Å²) in [5, 5.41) is 3.05. The number of sulfonamides is 1. The van der Waals surface area contributed by atoms with Crippen molar-refractivity contribution in [2.24, 2.45) is 0 Å². The summed E-state index contributed by atoms with van der Waals surface area (Å²) >= 11 is 0. The third-order valence-corrected chi connectivity index (χ3v) is 5.85. The zero-order valence-corrected chi connectivity index (χ0v) is 18.0. The average molecular weight is 441 g/mol. The van der Waals surface area contributed by atoms with Crippen molar-refractivity contribution >= 4 is 21.7 Å². The summed E-state index contributed by atoms with van der Waals surface area (Å²) in [5.74, 6) is 2.47. The molecule has 0 aliphatic heterocycles. The molecule has 0 fully saturated rings. The lowest BCUT2D eigenvalue weighted by molar-refractivity contribution is 0.408. The predicted molar refractivity (Wildman–Crippen MR) is 117 cm³/mol. The van der Waals surface area contributed by atoms with Gasteiger partial charge in [0.25, 0.3) is 0 Å². The lowest BCUT2D eigenvalue weighted by atomic mass is 10.1. The van der Waals surface area contributed by atoms with Crippen LogP contribution in [0, 0.1) is 32.0 Å². The van der Waals surface area contributed by atoms with Crippen molar-refractivity contribution in [2.75, 3.05) is 19.0 Å². The van der Waals surface area contributed by atoms with E-state index in [0.717, 1.165) is 23.1 Å². The number of aryl methyl sites for hydroxylation is 2. The number of hydrogen-bond donors (Lipinski definition) is 2. The number of hydrogen-bond acceptors (Lipinski definition) is 6. The first-order valence-corrected chi connectivity index (χ1v) is 10.7. The molecule has 9 heteroatoms. The topological polar surface area (TPSA) is 93.2 Å². The van der Waals surface area contributed by atoms with Crippen LogP contribution in [0.5, 0.6) is 5.75 Å². The van der Waals surface area contributed by atoms with Gasteiger partial charge in [0, 0.05) is 11.3 Å². The summed E-state index contributed by atoms with van der Waals surface area (Å²) < 4.78 is 46.8. The first-order chi connectivity index (χ1) is 14.7. The first-order valence-electron chi connectivity index (χ1n) is 9.23. The quantitative estimate of drug-likeness (QED) is 0.546. The molecule has 0 saturated heterocycles. The molecule has 7 nitrogen and oxygen atoms in total. The Morgan fingerprint density at radius 2 is 1.90 bits per heavy atom. The Labute approximate surface area is 180 Å². The van der Waals surface area contributed by atoms with Gasteiger partial charge in [0.15, 0.2) is 5.82 Å². The molecule has 3 rings (SSSR count). The summed E-state index contributed by atoms with van der Waals surface area (Å²) in [5.41, 5.74) is 2.81. The minimum absolute atomic E-state index is 0.0338. The second kappa shape index (κ2) is 9.12. The minimum Gasteiger partial charge on any atom is -0.496 e. The number of terminal acetylenes is 1. The van der Waals surface area contributed by atoms with Gasteiger partial charge in [0.05, 0.1) is 24.7 Å². The number of aromatic nitrogens is 2. The fraction of sp³-hybridized carbons (Fsp3) is 0.182. The molecule has 2 aromatic carbocycles. The first kappa shape index (κ1) is 22.2. The number of rotatable bonds is 7. The van der Waals surface area contributed by atoms with Crippen LogP contribution in [-0.2, 0) is 10.0 Å². The highest BCUT2D eigenvalue weighted by molar-refractivity contribution is 7.89. The Kier molecular flexibility index (Phi) is 6.53. The van der Waals surface area contributed by atoms with Gasteiger partial charge in [-0.05, 0) is 49.2 Å². The van der Waals surface area contributed by atoms with E-state index in [4.69, 9.17) is 11.2 Å². The molecule has 160 valence electrons. The number of ether oxygens (including phenoxy) is 1. The summed E-state index contributed by atoms with van der Waals surface area (Å²) in [7, 11) is -2.22. The van der Waals surface area contributed by atoms with Crippen LogP contribution >= 0.6 is 0 Å². The molecule has 3 aromatic rings. The summed E-state index contributed by atoms with van der Waals surface area (Å²) in [6, 6.07) is 9.52. The maximum Gasteiger partial charge on any atom is 0.241 e. The Bertz CT molecular complexity index is 1250. The van der Waals surface area contributed by atoms with Gasteiger partial charge in [-0.15, -0.1) is 6.42 Å². The van der Waals surface area contributed by atoms with Crippen molar-refractivity contribution in [1.29, 1.82) is 0 Å². The van der Waals surface area contributed by atoms with Gasteiger partial charge >= 0.3 is 0 Å². The Balaban J connectivity index is 1.96. The van der Waals surface area contributed by atoms with E-state index in [0.29, 0.717) is 5.69 Å². The van der Waals surface area contributed by atoms with E-state index in [2.05, 4.69) is 25.9 Å². The minimum atomic E-state index is -3.83. The van der Waals surface area contributed by atoms with E-state index in [-0.39, 0.29) is 28.6 Å². The predicted octanol–water partition coefficient (Wildman–Crippen LogP) is 3.56. The SMILES string of the molecule is C#CCNS(=O)(=O)c1cccc(-c2nc(Nc3cc(C)c(OC)c(C)c3)ncc2F)c1. The normalized spacial score (nSPS) is 11.1. The molecule has 0 aliphatic carbocycles. The Morgan fingerprint density at radius 1 is 1.19 bits per heavy atom. The van der Waals surface area contributed by atoms with Crippen molar-refractivity contribution in [3.63, 3.8) is 0 Å². The van der Waals surface area contributed by atoms with Gasteiger partial charge in [-0.1, -0.05) is 18.1 Å². The van der Waals surface area contributed by atoms with Gasteiger partial charge in [-0.2, -0.15) is 4.72 Å². The molecule has 1 heterocycles. The lowest BCUT2D eigenvalue weighted by Gasteiger charge is -2.13. The van der Waals surface area contributed by atoms with Gasteiger partial charge in [-0.3, -0.25) is 0 Å². The van der Waals surface area contributed by atoms with E-state index < -0.39 is 15.8 Å². The van der Waals surface area contributed by atoms with E-state index in [9.17, 15) is 12.8 Å². The highest BCUT2D eigenvalue weighted by atomic mass is 32.2. The molecule has 0 unspecified atom stereocenters. The highest BCUT2D eigenvalue weighted by Gasteiger charge is 2.16. The van der Waals surface area contributed by atoms with Crippen LogP contribution in [0.15, 0.2) is 47.5 Å². The molecule has 0 saturated carbocycles. The van der Waals surface area contributed by atoms with E-state index in [1.54, 1.807) is 13.2 Å². The van der Waals surface area contributed by atoms with Crippen LogP contribution in [-0.4, -0.2) is 32.0 Å². The van der Waals surface area contributed by atoms with Crippen LogP contribution in [0.1, 0.15) is 11.1 Å². The third-order valence-electron chi connectivity index (χ3n) is 4.45. The molecular formula is C22H21FN4O3S. The average Bonchev–Trinajstić information content (AvgIpc) is 2.73. The third kappa shape index (κ3) is 4.99. The van der Waals surface area contributed by atoms with Crippen LogP contribution in [0.3, 0.4) is 0 Å². The number of benzene rings is 2. The van der Waals surface area contributed by atoms with Crippen LogP contribution in [0.2, 0.25) is 0 Å². The zero-order valence-electron chi connectivity index (χ0n) is 17.2. The van der Waals surface area contributed by atoms with Crippen molar-refractivity contribution in [2.45, 2.75) is 18.7 Å². The standard InChI is InChI=1S/C22H21FN4O3S/c1-5-9-25-31(28,29)18-8-6-7-16(12-18)20-19(23)13-24-22(27-20)26-17-10-14(2)21(30-4)15(3)11-17/h1,6-8,10-13,25H,9H2,2-4H3,(H,24,26,27). The number of halogens is 1. The molecule has 0 spiro atoms. The zero-order chi connectivity index (χ0) is 22.6. The molecule has 0 bridgehead atoms. The molecule has 0 aliphatic rings. The van der Waals surface area contributed by atoms with Crippen molar-refractivity contribution in [3.8, 4) is 29.4 Å².